The molecule has 0 aromatic heterocycles. The Kier molecular flexibility index (Phi) is 7.74. The number of ether oxygens (including phenoxy) is 4. The van der Waals surface area contributed by atoms with Crippen molar-refractivity contribution in [2.45, 2.75) is 37.6 Å². The van der Waals surface area contributed by atoms with Crippen molar-refractivity contribution in [3.63, 3.8) is 0 Å². The van der Waals surface area contributed by atoms with Crippen LogP contribution in [-0.4, -0.2) is 24.4 Å². The van der Waals surface area contributed by atoms with Crippen molar-refractivity contribution in [1.82, 2.24) is 0 Å². The summed E-state index contributed by atoms with van der Waals surface area (Å²) in [6.45, 7) is 9.77. The van der Waals surface area contributed by atoms with E-state index in [-0.39, 0.29) is 6.61 Å². The highest BCUT2D eigenvalue weighted by Crippen LogP contribution is 2.39. The van der Waals surface area contributed by atoms with Crippen LogP contribution in [0.4, 0.5) is 0 Å². The van der Waals surface area contributed by atoms with E-state index in [1.54, 1.807) is 6.08 Å². The Morgan fingerprint density at radius 1 is 0.727 bits per heavy atom. The number of hydrogen-bond acceptors (Lipinski definition) is 4. The fourth-order valence-electron chi connectivity index (χ4n) is 3.95. The fraction of sp³-hybridized carbons (Fsp3) is 0.241. The van der Waals surface area contributed by atoms with Crippen LogP contribution >= 0.6 is 0 Å². The summed E-state index contributed by atoms with van der Waals surface area (Å²) < 4.78 is 25.0. The quantitative estimate of drug-likeness (QED) is 0.350. The predicted molar refractivity (Wildman–Crippen MR) is 129 cm³/mol. The highest BCUT2D eigenvalue weighted by Gasteiger charge is 2.53. The van der Waals surface area contributed by atoms with Crippen LogP contribution in [0.5, 0.6) is 0 Å². The minimum Gasteiger partial charge on any atom is -0.480 e. The molecule has 1 aliphatic rings. The Bertz CT molecular complexity index is 1020. The van der Waals surface area contributed by atoms with E-state index in [9.17, 15) is 0 Å². The molecule has 0 aliphatic carbocycles. The van der Waals surface area contributed by atoms with Gasteiger partial charge in [-0.1, -0.05) is 104 Å². The molecular weight excluding hydrogens is 412 g/mol. The van der Waals surface area contributed by atoms with Gasteiger partial charge in [0.05, 0.1) is 26.4 Å². The molecule has 0 bridgehead atoms. The van der Waals surface area contributed by atoms with Crippen LogP contribution in [0, 0.1) is 0 Å². The summed E-state index contributed by atoms with van der Waals surface area (Å²) in [7, 11) is 0. The first-order valence-corrected chi connectivity index (χ1v) is 11.1. The van der Waals surface area contributed by atoms with Gasteiger partial charge in [0.2, 0.25) is 0 Å². The summed E-state index contributed by atoms with van der Waals surface area (Å²) in [5, 5.41) is 0. The van der Waals surface area contributed by atoms with Crippen molar-refractivity contribution in [3.05, 3.63) is 133 Å². The number of rotatable bonds is 11. The van der Waals surface area contributed by atoms with E-state index in [2.05, 4.69) is 13.2 Å². The molecule has 1 aliphatic heterocycles. The molecule has 0 radical (unpaired) electrons. The maximum Gasteiger partial charge on any atom is 0.179 e. The van der Waals surface area contributed by atoms with Crippen LogP contribution in [-0.2, 0) is 38.8 Å². The van der Waals surface area contributed by atoms with Gasteiger partial charge in [0, 0.05) is 0 Å². The molecule has 0 spiro atoms. The topological polar surface area (TPSA) is 36.9 Å². The third-order valence-electron chi connectivity index (χ3n) is 5.72. The average Bonchev–Trinajstić information content (AvgIpc) is 3.14. The van der Waals surface area contributed by atoms with E-state index in [4.69, 9.17) is 18.9 Å². The zero-order valence-corrected chi connectivity index (χ0v) is 18.8. The lowest BCUT2D eigenvalue weighted by atomic mass is 9.95. The maximum atomic E-state index is 6.41. The second-order valence-corrected chi connectivity index (χ2v) is 8.14. The van der Waals surface area contributed by atoms with Gasteiger partial charge < -0.3 is 18.9 Å². The Balaban J connectivity index is 1.50. The first kappa shape index (κ1) is 23.0. The third kappa shape index (κ3) is 5.79. The van der Waals surface area contributed by atoms with E-state index in [0.29, 0.717) is 25.6 Å². The first-order chi connectivity index (χ1) is 16.2. The molecular formula is C29H30O4. The average molecular weight is 443 g/mol. The van der Waals surface area contributed by atoms with Crippen LogP contribution in [0.25, 0.3) is 0 Å². The lowest BCUT2D eigenvalue weighted by molar-refractivity contribution is -0.121. The van der Waals surface area contributed by atoms with Gasteiger partial charge in [-0.25, -0.2) is 0 Å². The number of hydrogen-bond donors (Lipinski definition) is 0. The molecule has 4 heteroatoms. The van der Waals surface area contributed by atoms with Gasteiger partial charge in [-0.3, -0.25) is 0 Å². The van der Waals surface area contributed by atoms with Crippen molar-refractivity contribution in [3.8, 4) is 0 Å². The Hall–Kier alpha value is -3.18. The molecule has 0 N–H and O–H groups in total. The Morgan fingerprint density at radius 3 is 1.73 bits per heavy atom. The number of benzene rings is 3. The second kappa shape index (κ2) is 11.1. The minimum atomic E-state index is -0.901. The molecule has 3 aromatic rings. The van der Waals surface area contributed by atoms with Crippen LogP contribution < -0.4 is 0 Å². The summed E-state index contributed by atoms with van der Waals surface area (Å²) in [5.41, 5.74) is 2.33. The summed E-state index contributed by atoms with van der Waals surface area (Å²) in [5.74, 6) is 0.521. The molecule has 0 amide bonds. The van der Waals surface area contributed by atoms with Crippen molar-refractivity contribution < 1.29 is 18.9 Å². The molecule has 0 saturated carbocycles. The van der Waals surface area contributed by atoms with Crippen LogP contribution in [0.15, 0.2) is 116 Å². The lowest BCUT2D eigenvalue weighted by Crippen LogP contribution is -2.47. The lowest BCUT2D eigenvalue weighted by Gasteiger charge is -2.32. The van der Waals surface area contributed by atoms with E-state index in [0.717, 1.165) is 16.7 Å². The first-order valence-electron chi connectivity index (χ1n) is 11.1. The minimum absolute atomic E-state index is 0.273. The zero-order valence-electron chi connectivity index (χ0n) is 18.8. The van der Waals surface area contributed by atoms with Crippen LogP contribution in [0.1, 0.15) is 16.7 Å². The molecule has 4 nitrogen and oxygen atoms in total. The zero-order chi connectivity index (χ0) is 22.9. The van der Waals surface area contributed by atoms with E-state index in [1.165, 1.54) is 0 Å². The SMILES string of the molecule is C=C[C@@]1(COCc2ccccc2)OC(=C)[C@@H](OCc2ccccc2)[C@@H]1OCc1ccccc1. The standard InChI is InChI=1S/C29H30O4/c1-3-29(22-30-19-24-13-7-4-8-14-24)28(32-21-26-17-11-6-12-18-26)27(23(2)33-29)31-20-25-15-9-5-10-16-25/h3-18,27-28H,1-2,19-22H2/t27-,28+,29+/m1/s1. The summed E-state index contributed by atoms with van der Waals surface area (Å²) >= 11 is 0. The Labute approximate surface area is 196 Å². The molecule has 170 valence electrons. The smallest absolute Gasteiger partial charge is 0.179 e. The highest BCUT2D eigenvalue weighted by atomic mass is 16.6. The largest absolute Gasteiger partial charge is 0.480 e. The maximum absolute atomic E-state index is 6.41. The molecule has 1 saturated heterocycles. The van der Waals surface area contributed by atoms with Gasteiger partial charge in [0.1, 0.15) is 18.0 Å². The predicted octanol–water partition coefficient (Wildman–Crippen LogP) is 5.84. The summed E-state index contributed by atoms with van der Waals surface area (Å²) in [6, 6.07) is 30.1. The fourth-order valence-corrected chi connectivity index (χ4v) is 3.95. The molecule has 3 aromatic carbocycles. The van der Waals surface area contributed by atoms with Crippen molar-refractivity contribution >= 4 is 0 Å². The molecule has 1 heterocycles. The third-order valence-corrected chi connectivity index (χ3v) is 5.72. The Morgan fingerprint density at radius 2 is 1.21 bits per heavy atom. The molecule has 1 fully saturated rings. The van der Waals surface area contributed by atoms with Gasteiger partial charge in [0.25, 0.3) is 0 Å². The van der Waals surface area contributed by atoms with Gasteiger partial charge in [-0.05, 0) is 22.8 Å². The van der Waals surface area contributed by atoms with Crippen molar-refractivity contribution in [2.75, 3.05) is 6.61 Å². The molecule has 4 rings (SSSR count). The summed E-state index contributed by atoms with van der Waals surface area (Å²) in [6.07, 6.45) is 0.847. The summed E-state index contributed by atoms with van der Waals surface area (Å²) in [4.78, 5) is 0. The van der Waals surface area contributed by atoms with Gasteiger partial charge >= 0.3 is 0 Å². The van der Waals surface area contributed by atoms with Gasteiger partial charge in [0.15, 0.2) is 5.60 Å². The molecule has 33 heavy (non-hydrogen) atoms. The van der Waals surface area contributed by atoms with Crippen molar-refractivity contribution in [2.24, 2.45) is 0 Å². The highest BCUT2D eigenvalue weighted by molar-refractivity contribution is 5.22. The molecule has 0 unspecified atom stereocenters. The van der Waals surface area contributed by atoms with E-state index < -0.39 is 17.8 Å². The van der Waals surface area contributed by atoms with Crippen LogP contribution in [0.3, 0.4) is 0 Å². The van der Waals surface area contributed by atoms with E-state index in [1.807, 2.05) is 91.0 Å². The normalized spacial score (nSPS) is 22.1. The van der Waals surface area contributed by atoms with Gasteiger partial charge in [-0.2, -0.15) is 0 Å². The van der Waals surface area contributed by atoms with Crippen LogP contribution in [0.2, 0.25) is 0 Å². The van der Waals surface area contributed by atoms with Crippen molar-refractivity contribution in [1.29, 1.82) is 0 Å². The monoisotopic (exact) mass is 442 g/mol. The molecule has 3 atom stereocenters. The van der Waals surface area contributed by atoms with E-state index >= 15 is 0 Å². The second-order valence-electron chi connectivity index (χ2n) is 8.14. The van der Waals surface area contributed by atoms with Gasteiger partial charge in [-0.15, -0.1) is 0 Å².